The van der Waals surface area contributed by atoms with Crippen molar-refractivity contribution >= 4 is 11.0 Å². The molecule has 3 heteroatoms. The third-order valence-corrected chi connectivity index (χ3v) is 2.55. The molecule has 1 radical (unpaired) electrons. The topological polar surface area (TPSA) is 35.0 Å². The number of benzene rings is 2. The summed E-state index contributed by atoms with van der Waals surface area (Å²) < 4.78 is 5.58. The van der Waals surface area contributed by atoms with Gasteiger partial charge in [-0.05, 0) is 18.2 Å². The van der Waals surface area contributed by atoms with Crippen molar-refractivity contribution in [3.63, 3.8) is 0 Å². The monoisotopic (exact) mass is 235 g/mol. The predicted molar refractivity (Wildman–Crippen MR) is 69.1 cm³/mol. The third kappa shape index (κ3) is 2.30. The Morgan fingerprint density at radius 3 is 2.67 bits per heavy atom. The van der Waals surface area contributed by atoms with Gasteiger partial charge in [-0.15, -0.1) is 0 Å². The van der Waals surface area contributed by atoms with E-state index in [-0.39, 0.29) is 0 Å². The molecule has 87 valence electrons. The van der Waals surface area contributed by atoms with Crippen molar-refractivity contribution in [2.75, 3.05) is 0 Å². The van der Waals surface area contributed by atoms with Crippen molar-refractivity contribution in [2.24, 2.45) is 0 Å². The van der Waals surface area contributed by atoms with Gasteiger partial charge in [0.25, 0.3) is 0 Å². The lowest BCUT2D eigenvalue weighted by molar-refractivity contribution is 0.300. The molecule has 0 amide bonds. The third-order valence-electron chi connectivity index (χ3n) is 2.55. The summed E-state index contributed by atoms with van der Waals surface area (Å²) in [6.07, 6.45) is 1.74. The van der Waals surface area contributed by atoms with Crippen molar-refractivity contribution in [3.8, 4) is 5.75 Å². The van der Waals surface area contributed by atoms with E-state index in [1.807, 2.05) is 48.5 Å². The van der Waals surface area contributed by atoms with Crippen LogP contribution in [0, 0.1) is 6.07 Å². The molecule has 0 bridgehead atoms. The normalized spacial score (nSPS) is 10.4. The van der Waals surface area contributed by atoms with E-state index < -0.39 is 0 Å². The molecule has 0 aliphatic rings. The van der Waals surface area contributed by atoms with Crippen molar-refractivity contribution in [1.82, 2.24) is 9.97 Å². The van der Waals surface area contributed by atoms with Gasteiger partial charge in [0.2, 0.25) is 0 Å². The molecule has 0 spiro atoms. The fraction of sp³-hybridized carbons (Fsp3) is 0.0667. The van der Waals surface area contributed by atoms with Crippen molar-refractivity contribution in [2.45, 2.75) is 6.61 Å². The summed E-state index contributed by atoms with van der Waals surface area (Å²) in [4.78, 5) is 8.83. The van der Waals surface area contributed by atoms with Crippen LogP contribution in [0.2, 0.25) is 0 Å². The quantitative estimate of drug-likeness (QED) is 0.700. The summed E-state index contributed by atoms with van der Waals surface area (Å²) in [7, 11) is 0. The molecule has 3 nitrogen and oxygen atoms in total. The molecule has 0 saturated carbocycles. The van der Waals surface area contributed by atoms with E-state index in [0.717, 1.165) is 16.7 Å². The van der Waals surface area contributed by atoms with Crippen molar-refractivity contribution < 1.29 is 4.74 Å². The Morgan fingerprint density at radius 1 is 1.00 bits per heavy atom. The molecular weight excluding hydrogens is 224 g/mol. The molecule has 0 fully saturated rings. The molecule has 0 N–H and O–H groups in total. The molecule has 0 aliphatic heterocycles. The molecular formula is C15H11N2O. The van der Waals surface area contributed by atoms with Gasteiger partial charge in [-0.25, -0.2) is 4.98 Å². The molecule has 3 aromatic rings. The summed E-state index contributed by atoms with van der Waals surface area (Å²) in [5.41, 5.74) is 2.59. The first-order chi connectivity index (χ1) is 8.92. The number of nitrogens with zero attached hydrogens (tertiary/aromatic N) is 2. The lowest BCUT2D eigenvalue weighted by Crippen LogP contribution is -1.99. The number of fused-ring (bicyclic) bond motifs is 1. The van der Waals surface area contributed by atoms with Crippen LogP contribution >= 0.6 is 0 Å². The lowest BCUT2D eigenvalue weighted by atomic mass is 10.3. The molecule has 3 rings (SSSR count). The van der Waals surface area contributed by atoms with E-state index in [2.05, 4.69) is 16.0 Å². The SMILES string of the molecule is [c]1ccccc1OCc1cnc2ccccc2n1. The van der Waals surface area contributed by atoms with Gasteiger partial charge < -0.3 is 4.74 Å². The second kappa shape index (κ2) is 4.84. The summed E-state index contributed by atoms with van der Waals surface area (Å²) >= 11 is 0. The van der Waals surface area contributed by atoms with E-state index in [9.17, 15) is 0 Å². The Balaban J connectivity index is 1.79. The average Bonchev–Trinajstić information content (AvgIpc) is 2.46. The maximum atomic E-state index is 5.58. The Bertz CT molecular complexity index is 653. The average molecular weight is 235 g/mol. The zero-order chi connectivity index (χ0) is 12.2. The molecule has 18 heavy (non-hydrogen) atoms. The fourth-order valence-corrected chi connectivity index (χ4v) is 1.68. The minimum absolute atomic E-state index is 0.401. The Morgan fingerprint density at radius 2 is 1.83 bits per heavy atom. The van der Waals surface area contributed by atoms with Crippen molar-refractivity contribution in [3.05, 3.63) is 66.5 Å². The second-order valence-corrected chi connectivity index (χ2v) is 3.87. The van der Waals surface area contributed by atoms with Gasteiger partial charge in [-0.3, -0.25) is 4.98 Å². The van der Waals surface area contributed by atoms with Gasteiger partial charge >= 0.3 is 0 Å². The smallest absolute Gasteiger partial charge is 0.132 e. The van der Waals surface area contributed by atoms with E-state index in [0.29, 0.717) is 12.4 Å². The number of aromatic nitrogens is 2. The van der Waals surface area contributed by atoms with Crippen molar-refractivity contribution in [1.29, 1.82) is 0 Å². The fourth-order valence-electron chi connectivity index (χ4n) is 1.68. The molecule has 0 saturated heterocycles. The maximum Gasteiger partial charge on any atom is 0.132 e. The highest BCUT2D eigenvalue weighted by Crippen LogP contribution is 2.12. The minimum atomic E-state index is 0.401. The van der Waals surface area contributed by atoms with Gasteiger partial charge in [0.05, 0.1) is 22.9 Å². The van der Waals surface area contributed by atoms with Crippen LogP contribution in [0.1, 0.15) is 5.69 Å². The number of hydrogen-bond donors (Lipinski definition) is 0. The number of hydrogen-bond acceptors (Lipinski definition) is 3. The van der Waals surface area contributed by atoms with Gasteiger partial charge in [0.1, 0.15) is 12.4 Å². The number of rotatable bonds is 3. The van der Waals surface area contributed by atoms with E-state index in [4.69, 9.17) is 4.74 Å². The van der Waals surface area contributed by atoms with Crippen LogP contribution in [0.15, 0.2) is 54.7 Å². The van der Waals surface area contributed by atoms with Gasteiger partial charge in [-0.2, -0.15) is 0 Å². The molecule has 0 unspecified atom stereocenters. The van der Waals surface area contributed by atoms with E-state index >= 15 is 0 Å². The van der Waals surface area contributed by atoms with E-state index in [1.54, 1.807) is 6.20 Å². The highest BCUT2D eigenvalue weighted by Gasteiger charge is 2.00. The lowest BCUT2D eigenvalue weighted by Gasteiger charge is -2.05. The summed E-state index contributed by atoms with van der Waals surface area (Å²) in [5, 5.41) is 0. The van der Waals surface area contributed by atoms with Crippen LogP contribution in [0.5, 0.6) is 5.75 Å². The van der Waals surface area contributed by atoms with Crippen LogP contribution < -0.4 is 4.74 Å². The molecule has 1 aromatic heterocycles. The summed E-state index contributed by atoms with van der Waals surface area (Å²) in [5.74, 6) is 0.715. The molecule has 1 heterocycles. The van der Waals surface area contributed by atoms with Gasteiger partial charge in [-0.1, -0.05) is 30.3 Å². The van der Waals surface area contributed by atoms with Gasteiger partial charge in [0, 0.05) is 6.07 Å². The van der Waals surface area contributed by atoms with Gasteiger partial charge in [0.15, 0.2) is 0 Å². The van der Waals surface area contributed by atoms with Crippen LogP contribution in [0.3, 0.4) is 0 Å². The highest BCUT2D eigenvalue weighted by atomic mass is 16.5. The molecule has 0 atom stereocenters. The Labute approximate surface area is 105 Å². The van der Waals surface area contributed by atoms with E-state index in [1.165, 1.54) is 0 Å². The largest absolute Gasteiger partial charge is 0.487 e. The van der Waals surface area contributed by atoms with Crippen LogP contribution in [0.25, 0.3) is 11.0 Å². The maximum absolute atomic E-state index is 5.58. The van der Waals surface area contributed by atoms with Crippen LogP contribution in [0.4, 0.5) is 0 Å². The number of ether oxygens (including phenoxy) is 1. The summed E-state index contributed by atoms with van der Waals surface area (Å²) in [6, 6.07) is 18.3. The van der Waals surface area contributed by atoms with Crippen LogP contribution in [-0.2, 0) is 6.61 Å². The minimum Gasteiger partial charge on any atom is -0.487 e. The standard InChI is InChI=1S/C15H11N2O/c1-2-6-13(7-3-1)18-11-12-10-16-14-8-4-5-9-15(14)17-12/h1-6,8-10H,11H2. The molecule has 0 aliphatic carbocycles. The zero-order valence-corrected chi connectivity index (χ0v) is 9.71. The first-order valence-corrected chi connectivity index (χ1v) is 5.72. The first-order valence-electron chi connectivity index (χ1n) is 5.72. The second-order valence-electron chi connectivity index (χ2n) is 3.87. The Hall–Kier alpha value is -2.42. The first kappa shape index (κ1) is 10.7. The van der Waals surface area contributed by atoms with Crippen LogP contribution in [-0.4, -0.2) is 9.97 Å². The Kier molecular flexibility index (Phi) is 2.88. The number of para-hydroxylation sites is 3. The highest BCUT2D eigenvalue weighted by molar-refractivity contribution is 5.73. The zero-order valence-electron chi connectivity index (χ0n) is 9.71. The molecule has 2 aromatic carbocycles. The predicted octanol–water partition coefficient (Wildman–Crippen LogP) is 3.01. The summed E-state index contributed by atoms with van der Waals surface area (Å²) in [6.45, 7) is 0.401.